The average Bonchev–Trinajstić information content (AvgIpc) is 3.21. The molecular weight excluding hydrogens is 745 g/mol. The summed E-state index contributed by atoms with van der Waals surface area (Å²) >= 11 is 1.64. The Morgan fingerprint density at radius 1 is 0.305 bits per heavy atom. The summed E-state index contributed by atoms with van der Waals surface area (Å²) in [6.07, 6.45) is 55.8. The van der Waals surface area contributed by atoms with E-state index in [1.165, 1.54) is 231 Å². The fraction of sp³-hybridized carbons (Fsp3) is 0.963. The van der Waals surface area contributed by atoms with Crippen LogP contribution in [0.1, 0.15) is 297 Å². The molecule has 352 valence electrons. The van der Waals surface area contributed by atoms with Crippen molar-refractivity contribution in [1.82, 2.24) is 0 Å². The van der Waals surface area contributed by atoms with Crippen molar-refractivity contribution < 1.29 is 19.1 Å². The van der Waals surface area contributed by atoms with Gasteiger partial charge in [-0.05, 0) is 24.7 Å². The van der Waals surface area contributed by atoms with Gasteiger partial charge < -0.3 is 9.47 Å². The van der Waals surface area contributed by atoms with Crippen LogP contribution in [0.2, 0.25) is 0 Å². The van der Waals surface area contributed by atoms with E-state index < -0.39 is 0 Å². The third kappa shape index (κ3) is 53.4. The largest absolute Gasteiger partial charge is 0.466 e. The minimum absolute atomic E-state index is 0.104. The summed E-state index contributed by atoms with van der Waals surface area (Å²) in [7, 11) is 0. The molecular formula is C54H106O4S. The molecule has 0 aliphatic carbocycles. The Hall–Kier alpha value is -0.710. The van der Waals surface area contributed by atoms with Crippen LogP contribution in [0.3, 0.4) is 0 Å². The van der Waals surface area contributed by atoms with Crippen molar-refractivity contribution in [3.63, 3.8) is 0 Å². The van der Waals surface area contributed by atoms with Crippen LogP contribution >= 0.6 is 11.8 Å². The fourth-order valence-electron chi connectivity index (χ4n) is 8.25. The number of thioether (sulfide) groups is 1. The van der Waals surface area contributed by atoms with Gasteiger partial charge >= 0.3 is 11.9 Å². The van der Waals surface area contributed by atoms with Crippen LogP contribution in [-0.4, -0.2) is 36.7 Å². The van der Waals surface area contributed by atoms with Gasteiger partial charge in [-0.15, -0.1) is 0 Å². The molecule has 0 unspecified atom stereocenters. The molecule has 0 aliphatic heterocycles. The van der Waals surface area contributed by atoms with Gasteiger partial charge in [0.1, 0.15) is 0 Å². The molecule has 0 radical (unpaired) electrons. The van der Waals surface area contributed by atoms with Gasteiger partial charge in [-0.1, -0.05) is 272 Å². The molecule has 0 saturated heterocycles. The van der Waals surface area contributed by atoms with E-state index in [4.69, 9.17) is 9.47 Å². The Labute approximate surface area is 375 Å². The van der Waals surface area contributed by atoms with Crippen LogP contribution in [0.5, 0.6) is 0 Å². The predicted octanol–water partition coefficient (Wildman–Crippen LogP) is 18.5. The maximum Gasteiger partial charge on any atom is 0.306 e. The fourth-order valence-corrected chi connectivity index (χ4v) is 9.08. The molecule has 0 aliphatic rings. The third-order valence-corrected chi connectivity index (χ3v) is 13.3. The van der Waals surface area contributed by atoms with Gasteiger partial charge in [0.2, 0.25) is 0 Å². The smallest absolute Gasteiger partial charge is 0.306 e. The number of ether oxygens (including phenoxy) is 2. The van der Waals surface area contributed by atoms with Crippen molar-refractivity contribution in [3.8, 4) is 0 Å². The topological polar surface area (TPSA) is 52.6 Å². The van der Waals surface area contributed by atoms with Crippen molar-refractivity contribution in [2.45, 2.75) is 297 Å². The van der Waals surface area contributed by atoms with Gasteiger partial charge in [-0.2, -0.15) is 11.8 Å². The summed E-state index contributed by atoms with van der Waals surface area (Å²) in [5.41, 5.74) is 0. The van der Waals surface area contributed by atoms with E-state index in [0.717, 1.165) is 37.5 Å². The van der Waals surface area contributed by atoms with Crippen molar-refractivity contribution in [2.75, 3.05) is 24.7 Å². The van der Waals surface area contributed by atoms with Gasteiger partial charge in [0.15, 0.2) is 0 Å². The lowest BCUT2D eigenvalue weighted by Gasteiger charge is -2.06. The first-order valence-electron chi connectivity index (χ1n) is 26.8. The second-order valence-electron chi connectivity index (χ2n) is 19.4. The van der Waals surface area contributed by atoms with E-state index in [1.54, 1.807) is 11.8 Å². The molecule has 0 rings (SSSR count). The zero-order chi connectivity index (χ0) is 43.0. The molecule has 0 N–H and O–H groups in total. The van der Waals surface area contributed by atoms with Crippen LogP contribution in [0.25, 0.3) is 0 Å². The first-order valence-corrected chi connectivity index (χ1v) is 28.0. The highest BCUT2D eigenvalue weighted by Crippen LogP contribution is 2.18. The normalized spacial score (nSPS) is 11.6. The zero-order valence-electron chi connectivity index (χ0n) is 40.7. The standard InChI is InChI=1S/C54H106O4S/c1-51(2)43-39-35-31-27-23-19-15-11-7-5-9-13-17-21-25-29-33-37-41-47-57-53(55)45-49-59-50-46-54(56)58-48-42-38-34-30-26-22-18-14-10-6-8-12-16-20-24-28-32-36-40-44-52(3)4/h51-52H,5-50H2,1-4H3. The van der Waals surface area contributed by atoms with Gasteiger partial charge in [0.05, 0.1) is 26.1 Å². The van der Waals surface area contributed by atoms with Gasteiger partial charge in [0, 0.05) is 11.5 Å². The minimum Gasteiger partial charge on any atom is -0.466 e. The van der Waals surface area contributed by atoms with Crippen molar-refractivity contribution in [3.05, 3.63) is 0 Å². The molecule has 5 heteroatoms. The molecule has 0 aromatic heterocycles. The molecule has 0 bridgehead atoms. The summed E-state index contributed by atoms with van der Waals surface area (Å²) in [6.45, 7) is 10.4. The molecule has 0 spiro atoms. The lowest BCUT2D eigenvalue weighted by atomic mass is 10.0. The Morgan fingerprint density at radius 2 is 0.492 bits per heavy atom. The van der Waals surface area contributed by atoms with E-state index in [1.807, 2.05) is 0 Å². The summed E-state index contributed by atoms with van der Waals surface area (Å²) < 4.78 is 10.9. The molecule has 0 amide bonds. The molecule has 0 fully saturated rings. The van der Waals surface area contributed by atoms with Crippen molar-refractivity contribution in [2.24, 2.45) is 11.8 Å². The number of hydrogen-bond acceptors (Lipinski definition) is 5. The average molecular weight is 852 g/mol. The SMILES string of the molecule is CC(C)CCCCCCCCCCCCCCCCCCCCCOC(=O)CCSCCC(=O)OCCCCCCCCCCCCCCCCCCCCCC(C)C. The van der Waals surface area contributed by atoms with Crippen molar-refractivity contribution >= 4 is 23.7 Å². The highest BCUT2D eigenvalue weighted by Gasteiger charge is 2.06. The molecule has 0 aromatic carbocycles. The first-order chi connectivity index (χ1) is 28.9. The van der Waals surface area contributed by atoms with E-state index in [2.05, 4.69) is 27.7 Å². The number of carbonyl (C=O) groups is 2. The molecule has 0 saturated carbocycles. The third-order valence-electron chi connectivity index (χ3n) is 12.3. The Kier molecular flexibility index (Phi) is 49.3. The van der Waals surface area contributed by atoms with Gasteiger partial charge in [-0.25, -0.2) is 0 Å². The number of unbranched alkanes of at least 4 members (excludes halogenated alkanes) is 36. The molecule has 0 heterocycles. The number of carbonyl (C=O) groups excluding carboxylic acids is 2. The van der Waals surface area contributed by atoms with Gasteiger partial charge in [0.25, 0.3) is 0 Å². The lowest BCUT2D eigenvalue weighted by molar-refractivity contribution is -0.144. The Morgan fingerprint density at radius 3 is 0.695 bits per heavy atom. The lowest BCUT2D eigenvalue weighted by Crippen LogP contribution is -2.09. The van der Waals surface area contributed by atoms with Crippen molar-refractivity contribution in [1.29, 1.82) is 0 Å². The van der Waals surface area contributed by atoms with Crippen LogP contribution in [0.4, 0.5) is 0 Å². The van der Waals surface area contributed by atoms with E-state index in [0.29, 0.717) is 37.6 Å². The minimum atomic E-state index is -0.104. The maximum atomic E-state index is 12.0. The monoisotopic (exact) mass is 851 g/mol. The highest BCUT2D eigenvalue weighted by molar-refractivity contribution is 7.99. The van der Waals surface area contributed by atoms with Crippen LogP contribution in [-0.2, 0) is 19.1 Å². The van der Waals surface area contributed by atoms with E-state index >= 15 is 0 Å². The summed E-state index contributed by atoms with van der Waals surface area (Å²) in [5.74, 6) is 2.96. The first kappa shape index (κ1) is 58.3. The zero-order valence-corrected chi connectivity index (χ0v) is 41.5. The number of rotatable bonds is 50. The van der Waals surface area contributed by atoms with Crippen LogP contribution < -0.4 is 0 Å². The predicted molar refractivity (Wildman–Crippen MR) is 263 cm³/mol. The molecule has 0 aromatic rings. The molecule has 59 heavy (non-hydrogen) atoms. The van der Waals surface area contributed by atoms with Crippen LogP contribution in [0.15, 0.2) is 0 Å². The highest BCUT2D eigenvalue weighted by atomic mass is 32.2. The number of esters is 2. The molecule has 0 atom stereocenters. The second-order valence-corrected chi connectivity index (χ2v) is 20.6. The quantitative estimate of drug-likeness (QED) is 0.0451. The van der Waals surface area contributed by atoms with Gasteiger partial charge in [-0.3, -0.25) is 9.59 Å². The molecule has 4 nitrogen and oxygen atoms in total. The van der Waals surface area contributed by atoms with E-state index in [-0.39, 0.29) is 11.9 Å². The second kappa shape index (κ2) is 49.9. The summed E-state index contributed by atoms with van der Waals surface area (Å²) in [4.78, 5) is 24.1. The van der Waals surface area contributed by atoms with E-state index in [9.17, 15) is 9.59 Å². The van der Waals surface area contributed by atoms with Crippen LogP contribution in [0, 0.1) is 11.8 Å². The maximum absolute atomic E-state index is 12.0. The Bertz CT molecular complexity index is 763. The number of hydrogen-bond donors (Lipinski definition) is 0. The summed E-state index contributed by atoms with van der Waals surface area (Å²) in [5, 5.41) is 0. The Balaban J connectivity index is 3.23. The summed E-state index contributed by atoms with van der Waals surface area (Å²) in [6, 6.07) is 0.